The van der Waals surface area contributed by atoms with Crippen LogP contribution in [0.3, 0.4) is 0 Å². The molecule has 0 aliphatic carbocycles. The summed E-state index contributed by atoms with van der Waals surface area (Å²) in [5, 5.41) is 4.28. The summed E-state index contributed by atoms with van der Waals surface area (Å²) in [7, 11) is 0. The van der Waals surface area contributed by atoms with E-state index >= 15 is 0 Å². The fourth-order valence-electron chi connectivity index (χ4n) is 3.19. The SMILES string of the molecule is CSc1nc2c(c(N3CCc4ccccc43)n1)CCNC2. The zero-order chi connectivity index (χ0) is 14.2. The van der Waals surface area contributed by atoms with E-state index in [0.29, 0.717) is 0 Å². The summed E-state index contributed by atoms with van der Waals surface area (Å²) in [5.41, 5.74) is 5.22. The van der Waals surface area contributed by atoms with Crippen molar-refractivity contribution in [1.82, 2.24) is 15.3 Å². The summed E-state index contributed by atoms with van der Waals surface area (Å²) < 4.78 is 0. The molecule has 2 aliphatic rings. The quantitative estimate of drug-likeness (QED) is 0.681. The van der Waals surface area contributed by atoms with Gasteiger partial charge in [0.2, 0.25) is 0 Å². The van der Waals surface area contributed by atoms with Crippen molar-refractivity contribution in [3.05, 3.63) is 41.1 Å². The molecule has 21 heavy (non-hydrogen) atoms. The van der Waals surface area contributed by atoms with Crippen LogP contribution in [-0.2, 0) is 19.4 Å². The third kappa shape index (κ3) is 2.21. The molecule has 1 N–H and O–H groups in total. The maximum Gasteiger partial charge on any atom is 0.189 e. The molecule has 5 heteroatoms. The fraction of sp³-hybridized carbons (Fsp3) is 0.375. The van der Waals surface area contributed by atoms with Gasteiger partial charge < -0.3 is 10.2 Å². The van der Waals surface area contributed by atoms with Gasteiger partial charge in [-0.1, -0.05) is 30.0 Å². The number of para-hydroxylation sites is 1. The molecule has 0 unspecified atom stereocenters. The molecular weight excluding hydrogens is 280 g/mol. The van der Waals surface area contributed by atoms with Crippen molar-refractivity contribution in [2.75, 3.05) is 24.2 Å². The molecule has 0 amide bonds. The number of rotatable bonds is 2. The van der Waals surface area contributed by atoms with Gasteiger partial charge in [-0.25, -0.2) is 9.97 Å². The van der Waals surface area contributed by atoms with Crippen LogP contribution in [0.1, 0.15) is 16.8 Å². The number of hydrogen-bond acceptors (Lipinski definition) is 5. The Morgan fingerprint density at radius 1 is 1.19 bits per heavy atom. The highest BCUT2D eigenvalue weighted by Crippen LogP contribution is 2.37. The second kappa shape index (κ2) is 5.31. The standard InChI is InChI=1S/C16H18N4S/c1-21-16-18-13-10-17-8-6-12(13)15(19-16)20-9-7-11-4-2-3-5-14(11)20/h2-5,17H,6-10H2,1H3. The van der Waals surface area contributed by atoms with E-state index in [-0.39, 0.29) is 0 Å². The van der Waals surface area contributed by atoms with Crippen molar-refractivity contribution in [2.45, 2.75) is 24.5 Å². The Hall–Kier alpha value is -1.59. The Labute approximate surface area is 129 Å². The van der Waals surface area contributed by atoms with Crippen LogP contribution in [0.2, 0.25) is 0 Å². The van der Waals surface area contributed by atoms with Crippen LogP contribution in [0.4, 0.5) is 11.5 Å². The van der Waals surface area contributed by atoms with E-state index in [1.54, 1.807) is 11.8 Å². The van der Waals surface area contributed by atoms with E-state index in [0.717, 1.165) is 43.5 Å². The van der Waals surface area contributed by atoms with Gasteiger partial charge in [0, 0.05) is 24.3 Å². The molecule has 4 rings (SSSR count). The summed E-state index contributed by atoms with van der Waals surface area (Å²) in [6.07, 6.45) is 4.15. The number of anilines is 2. The van der Waals surface area contributed by atoms with E-state index in [1.807, 2.05) is 6.26 Å². The Balaban J connectivity index is 1.85. The van der Waals surface area contributed by atoms with Crippen molar-refractivity contribution in [1.29, 1.82) is 0 Å². The van der Waals surface area contributed by atoms with Gasteiger partial charge in [0.25, 0.3) is 0 Å². The molecule has 2 aromatic rings. The minimum Gasteiger partial charge on any atom is -0.325 e. The summed E-state index contributed by atoms with van der Waals surface area (Å²) in [5.74, 6) is 1.12. The Bertz CT molecular complexity index is 686. The highest BCUT2D eigenvalue weighted by Gasteiger charge is 2.26. The highest BCUT2D eigenvalue weighted by atomic mass is 32.2. The second-order valence-electron chi connectivity index (χ2n) is 5.42. The first-order valence-electron chi connectivity index (χ1n) is 7.37. The third-order valence-electron chi connectivity index (χ3n) is 4.22. The number of nitrogens with zero attached hydrogens (tertiary/aromatic N) is 3. The first kappa shape index (κ1) is 13.1. The van der Waals surface area contributed by atoms with Crippen LogP contribution >= 0.6 is 11.8 Å². The monoisotopic (exact) mass is 298 g/mol. The number of hydrogen-bond donors (Lipinski definition) is 1. The van der Waals surface area contributed by atoms with Gasteiger partial charge in [-0.2, -0.15) is 0 Å². The van der Waals surface area contributed by atoms with E-state index < -0.39 is 0 Å². The normalized spacial score (nSPS) is 16.7. The van der Waals surface area contributed by atoms with Crippen LogP contribution in [0.15, 0.2) is 29.4 Å². The van der Waals surface area contributed by atoms with Crippen molar-refractivity contribution in [2.24, 2.45) is 0 Å². The Kier molecular flexibility index (Phi) is 3.31. The predicted octanol–water partition coefficient (Wildman–Crippen LogP) is 2.54. The Morgan fingerprint density at radius 2 is 2.10 bits per heavy atom. The molecule has 108 valence electrons. The van der Waals surface area contributed by atoms with Crippen LogP contribution < -0.4 is 10.2 Å². The summed E-state index contributed by atoms with van der Waals surface area (Å²) in [6, 6.07) is 8.66. The smallest absolute Gasteiger partial charge is 0.189 e. The molecule has 3 heterocycles. The summed E-state index contributed by atoms with van der Waals surface area (Å²) in [4.78, 5) is 11.9. The lowest BCUT2D eigenvalue weighted by Gasteiger charge is -2.26. The van der Waals surface area contributed by atoms with Crippen molar-refractivity contribution in [3.8, 4) is 0 Å². The molecular formula is C16H18N4S. The van der Waals surface area contributed by atoms with Crippen LogP contribution in [-0.4, -0.2) is 29.3 Å². The van der Waals surface area contributed by atoms with Gasteiger partial charge in [0.05, 0.1) is 5.69 Å². The molecule has 0 atom stereocenters. The number of thioether (sulfide) groups is 1. The van der Waals surface area contributed by atoms with E-state index in [9.17, 15) is 0 Å². The van der Waals surface area contributed by atoms with Crippen LogP contribution in [0.25, 0.3) is 0 Å². The maximum atomic E-state index is 4.84. The first-order valence-corrected chi connectivity index (χ1v) is 8.59. The lowest BCUT2D eigenvalue weighted by atomic mass is 10.1. The molecule has 2 aliphatic heterocycles. The van der Waals surface area contributed by atoms with Gasteiger partial charge in [0.1, 0.15) is 5.82 Å². The minimum absolute atomic E-state index is 0.855. The van der Waals surface area contributed by atoms with Crippen molar-refractivity contribution < 1.29 is 0 Å². The molecule has 0 fully saturated rings. The number of aromatic nitrogens is 2. The third-order valence-corrected chi connectivity index (χ3v) is 4.77. The van der Waals surface area contributed by atoms with Gasteiger partial charge >= 0.3 is 0 Å². The number of benzene rings is 1. The summed E-state index contributed by atoms with van der Waals surface area (Å²) >= 11 is 1.62. The number of nitrogens with one attached hydrogen (secondary N) is 1. The minimum atomic E-state index is 0.855. The molecule has 0 saturated heterocycles. The number of fused-ring (bicyclic) bond motifs is 2. The highest BCUT2D eigenvalue weighted by molar-refractivity contribution is 7.98. The maximum absolute atomic E-state index is 4.84. The summed E-state index contributed by atoms with van der Waals surface area (Å²) in [6.45, 7) is 2.88. The van der Waals surface area contributed by atoms with Gasteiger partial charge in [-0.3, -0.25) is 0 Å². The van der Waals surface area contributed by atoms with Crippen molar-refractivity contribution >= 4 is 23.3 Å². The molecule has 0 spiro atoms. The molecule has 4 nitrogen and oxygen atoms in total. The molecule has 0 saturated carbocycles. The first-order chi connectivity index (χ1) is 10.4. The Morgan fingerprint density at radius 3 is 3.00 bits per heavy atom. The topological polar surface area (TPSA) is 41.1 Å². The predicted molar refractivity (Wildman–Crippen MR) is 86.4 cm³/mol. The zero-order valence-electron chi connectivity index (χ0n) is 12.1. The lowest BCUT2D eigenvalue weighted by molar-refractivity contribution is 0.612. The molecule has 0 bridgehead atoms. The van der Waals surface area contributed by atoms with E-state index in [4.69, 9.17) is 4.98 Å². The molecule has 0 radical (unpaired) electrons. The van der Waals surface area contributed by atoms with Gasteiger partial charge in [-0.05, 0) is 37.3 Å². The molecule has 1 aromatic heterocycles. The van der Waals surface area contributed by atoms with E-state index in [2.05, 4.69) is 39.5 Å². The average Bonchev–Trinajstić information content (AvgIpc) is 2.97. The van der Waals surface area contributed by atoms with E-state index in [1.165, 1.54) is 22.5 Å². The zero-order valence-corrected chi connectivity index (χ0v) is 12.9. The van der Waals surface area contributed by atoms with Gasteiger partial charge in [0.15, 0.2) is 5.16 Å². The van der Waals surface area contributed by atoms with Crippen molar-refractivity contribution in [3.63, 3.8) is 0 Å². The van der Waals surface area contributed by atoms with Gasteiger partial charge in [-0.15, -0.1) is 0 Å². The largest absolute Gasteiger partial charge is 0.325 e. The van der Waals surface area contributed by atoms with Crippen LogP contribution in [0, 0.1) is 0 Å². The lowest BCUT2D eigenvalue weighted by Crippen LogP contribution is -2.28. The average molecular weight is 298 g/mol. The van der Waals surface area contributed by atoms with Crippen LogP contribution in [0.5, 0.6) is 0 Å². The second-order valence-corrected chi connectivity index (χ2v) is 6.19. The molecule has 1 aromatic carbocycles. The fourth-order valence-corrected chi connectivity index (χ4v) is 3.57.